The molecule has 1 aromatic rings. The second kappa shape index (κ2) is 6.33. The Balaban J connectivity index is 0.00000144. The van der Waals surface area contributed by atoms with E-state index in [0.29, 0.717) is 5.33 Å². The van der Waals surface area contributed by atoms with Crippen molar-refractivity contribution >= 4 is 38.7 Å². The minimum absolute atomic E-state index is 0. The fourth-order valence-corrected chi connectivity index (χ4v) is 1.37. The maximum absolute atomic E-state index is 11.2. The first-order valence-corrected chi connectivity index (χ1v) is 5.08. The van der Waals surface area contributed by atoms with Crippen molar-refractivity contribution in [2.75, 3.05) is 5.33 Å². The Kier molecular flexibility index (Phi) is 6.25. The van der Waals surface area contributed by atoms with E-state index < -0.39 is 0 Å². The van der Waals surface area contributed by atoms with Crippen molar-refractivity contribution in [1.29, 1.82) is 0 Å². The SMILES string of the molecule is Br.CCc1cccc(C(=O)CBr)c1. The van der Waals surface area contributed by atoms with E-state index in [1.165, 1.54) is 5.56 Å². The Morgan fingerprint density at radius 3 is 2.69 bits per heavy atom. The smallest absolute Gasteiger partial charge is 0.173 e. The van der Waals surface area contributed by atoms with Gasteiger partial charge in [-0.25, -0.2) is 0 Å². The van der Waals surface area contributed by atoms with Crippen molar-refractivity contribution in [3.05, 3.63) is 35.4 Å². The van der Waals surface area contributed by atoms with Crippen LogP contribution in [0.5, 0.6) is 0 Å². The quantitative estimate of drug-likeness (QED) is 0.618. The molecule has 0 heterocycles. The molecule has 0 fully saturated rings. The van der Waals surface area contributed by atoms with Crippen molar-refractivity contribution in [3.8, 4) is 0 Å². The van der Waals surface area contributed by atoms with Crippen LogP contribution in [0.4, 0.5) is 0 Å². The van der Waals surface area contributed by atoms with Crippen LogP contribution in [0.15, 0.2) is 24.3 Å². The zero-order chi connectivity index (χ0) is 8.97. The van der Waals surface area contributed by atoms with Crippen LogP contribution in [0.25, 0.3) is 0 Å². The minimum atomic E-state index is 0. The first kappa shape index (κ1) is 12.8. The number of carbonyl (C=O) groups is 1. The highest BCUT2D eigenvalue weighted by molar-refractivity contribution is 9.09. The summed E-state index contributed by atoms with van der Waals surface area (Å²) in [4.78, 5) is 11.2. The molecule has 0 aliphatic rings. The average molecular weight is 308 g/mol. The van der Waals surface area contributed by atoms with Crippen molar-refractivity contribution in [2.45, 2.75) is 13.3 Å². The van der Waals surface area contributed by atoms with Gasteiger partial charge in [-0.05, 0) is 18.1 Å². The predicted octanol–water partition coefficient (Wildman–Crippen LogP) is 3.40. The normalized spacial score (nSPS) is 9.08. The number of aryl methyl sites for hydroxylation is 1. The van der Waals surface area contributed by atoms with Crippen LogP contribution in [-0.4, -0.2) is 11.1 Å². The molecule has 0 bridgehead atoms. The van der Waals surface area contributed by atoms with Crippen molar-refractivity contribution in [3.63, 3.8) is 0 Å². The van der Waals surface area contributed by atoms with E-state index in [1.54, 1.807) is 0 Å². The maximum atomic E-state index is 11.2. The van der Waals surface area contributed by atoms with E-state index in [-0.39, 0.29) is 22.8 Å². The van der Waals surface area contributed by atoms with E-state index in [9.17, 15) is 4.79 Å². The van der Waals surface area contributed by atoms with Gasteiger partial charge in [-0.1, -0.05) is 41.1 Å². The number of carbonyl (C=O) groups excluding carboxylic acids is 1. The summed E-state index contributed by atoms with van der Waals surface area (Å²) in [7, 11) is 0. The molecule has 0 radical (unpaired) electrons. The third kappa shape index (κ3) is 3.61. The Labute approximate surface area is 97.4 Å². The Bertz CT molecular complexity index is 284. The number of alkyl halides is 1. The first-order valence-electron chi connectivity index (χ1n) is 3.96. The highest BCUT2D eigenvalue weighted by Crippen LogP contribution is 2.07. The third-order valence-corrected chi connectivity index (χ3v) is 2.29. The zero-order valence-corrected chi connectivity index (χ0v) is 10.7. The molecule has 0 N–H and O–H groups in total. The van der Waals surface area contributed by atoms with Crippen LogP contribution in [0.3, 0.4) is 0 Å². The van der Waals surface area contributed by atoms with Gasteiger partial charge in [0.1, 0.15) is 0 Å². The molecule has 0 aliphatic heterocycles. The molecule has 1 nitrogen and oxygen atoms in total. The van der Waals surface area contributed by atoms with Crippen LogP contribution in [0.2, 0.25) is 0 Å². The van der Waals surface area contributed by atoms with Crippen LogP contribution in [-0.2, 0) is 6.42 Å². The van der Waals surface area contributed by atoms with Crippen LogP contribution < -0.4 is 0 Å². The molecule has 0 unspecified atom stereocenters. The van der Waals surface area contributed by atoms with Gasteiger partial charge in [-0.2, -0.15) is 0 Å². The molecule has 0 amide bonds. The lowest BCUT2D eigenvalue weighted by atomic mass is 10.1. The van der Waals surface area contributed by atoms with Crippen molar-refractivity contribution < 1.29 is 4.79 Å². The number of ketones is 1. The molecular formula is C10H12Br2O. The van der Waals surface area contributed by atoms with Gasteiger partial charge in [0.15, 0.2) is 5.78 Å². The number of halogens is 2. The minimum Gasteiger partial charge on any atom is -0.293 e. The number of hydrogen-bond acceptors (Lipinski definition) is 1. The highest BCUT2D eigenvalue weighted by atomic mass is 79.9. The summed E-state index contributed by atoms with van der Waals surface area (Å²) in [6.07, 6.45) is 0.976. The van der Waals surface area contributed by atoms with E-state index in [0.717, 1.165) is 12.0 Å². The maximum Gasteiger partial charge on any atom is 0.173 e. The molecule has 1 rings (SSSR count). The number of Topliss-reactive ketones (excluding diaryl/α,β-unsaturated/α-hetero) is 1. The summed E-state index contributed by atoms with van der Waals surface area (Å²) in [5.74, 6) is 0.144. The van der Waals surface area contributed by atoms with Gasteiger partial charge in [-0.3, -0.25) is 4.79 Å². The molecule has 0 atom stereocenters. The highest BCUT2D eigenvalue weighted by Gasteiger charge is 2.02. The van der Waals surface area contributed by atoms with Gasteiger partial charge in [0, 0.05) is 5.56 Å². The zero-order valence-electron chi connectivity index (χ0n) is 7.42. The largest absolute Gasteiger partial charge is 0.293 e. The second-order valence-electron chi connectivity index (χ2n) is 2.61. The lowest BCUT2D eigenvalue weighted by molar-refractivity contribution is 0.102. The Hall–Kier alpha value is -0.150. The number of benzene rings is 1. The van der Waals surface area contributed by atoms with Crippen LogP contribution >= 0.6 is 32.9 Å². The van der Waals surface area contributed by atoms with Crippen molar-refractivity contribution in [1.82, 2.24) is 0 Å². The van der Waals surface area contributed by atoms with E-state index >= 15 is 0 Å². The molecule has 1 aromatic carbocycles. The standard InChI is InChI=1S/C10H11BrO.BrH/c1-2-8-4-3-5-9(6-8)10(12)7-11;/h3-6H,2,7H2,1H3;1H. The summed E-state index contributed by atoms with van der Waals surface area (Å²) >= 11 is 3.15. The number of rotatable bonds is 3. The molecule has 0 saturated heterocycles. The van der Waals surface area contributed by atoms with E-state index in [4.69, 9.17) is 0 Å². The molecule has 72 valence electrons. The van der Waals surface area contributed by atoms with Gasteiger partial charge >= 0.3 is 0 Å². The first-order chi connectivity index (χ1) is 5.77. The topological polar surface area (TPSA) is 17.1 Å². The van der Waals surface area contributed by atoms with E-state index in [2.05, 4.69) is 22.9 Å². The van der Waals surface area contributed by atoms with Crippen LogP contribution in [0.1, 0.15) is 22.8 Å². The van der Waals surface area contributed by atoms with Crippen LogP contribution in [0, 0.1) is 0 Å². The average Bonchev–Trinajstić information content (AvgIpc) is 2.17. The number of hydrogen-bond donors (Lipinski definition) is 0. The Morgan fingerprint density at radius 2 is 2.15 bits per heavy atom. The van der Waals surface area contributed by atoms with Gasteiger partial charge in [0.25, 0.3) is 0 Å². The molecule has 0 saturated carbocycles. The summed E-state index contributed by atoms with van der Waals surface area (Å²) in [5, 5.41) is 0.403. The summed E-state index contributed by atoms with van der Waals surface area (Å²) < 4.78 is 0. The van der Waals surface area contributed by atoms with Gasteiger partial charge in [-0.15, -0.1) is 17.0 Å². The third-order valence-electron chi connectivity index (χ3n) is 1.78. The molecule has 13 heavy (non-hydrogen) atoms. The molecule has 0 aromatic heterocycles. The lowest BCUT2D eigenvalue weighted by Crippen LogP contribution is -1.99. The van der Waals surface area contributed by atoms with Gasteiger partial charge < -0.3 is 0 Å². The summed E-state index contributed by atoms with van der Waals surface area (Å²) in [6.45, 7) is 2.08. The molecule has 0 aliphatic carbocycles. The molecule has 3 heteroatoms. The van der Waals surface area contributed by atoms with E-state index in [1.807, 2.05) is 24.3 Å². The fourth-order valence-electron chi connectivity index (χ4n) is 1.04. The predicted molar refractivity (Wildman–Crippen MR) is 64.3 cm³/mol. The fraction of sp³-hybridized carbons (Fsp3) is 0.300. The summed E-state index contributed by atoms with van der Waals surface area (Å²) in [5.41, 5.74) is 2.01. The van der Waals surface area contributed by atoms with Gasteiger partial charge in [0.05, 0.1) is 5.33 Å². The second-order valence-corrected chi connectivity index (χ2v) is 3.17. The van der Waals surface area contributed by atoms with Gasteiger partial charge in [0.2, 0.25) is 0 Å². The molecular weight excluding hydrogens is 296 g/mol. The summed E-state index contributed by atoms with van der Waals surface area (Å²) in [6, 6.07) is 7.76. The monoisotopic (exact) mass is 306 g/mol. The van der Waals surface area contributed by atoms with Crippen molar-refractivity contribution in [2.24, 2.45) is 0 Å². The molecule has 0 spiro atoms. The Morgan fingerprint density at radius 1 is 1.46 bits per heavy atom. The lowest BCUT2D eigenvalue weighted by Gasteiger charge is -1.99.